The maximum absolute atomic E-state index is 13.3. The first-order valence-corrected chi connectivity index (χ1v) is 11.8. The fourth-order valence-electron chi connectivity index (χ4n) is 3.50. The van der Waals surface area contributed by atoms with Crippen LogP contribution in [0, 0.1) is 11.3 Å². The molecule has 7 heteroatoms. The number of fused-ring (bicyclic) bond motifs is 1. The molecule has 1 aromatic heterocycles. The van der Waals surface area contributed by atoms with Crippen LogP contribution in [0.15, 0.2) is 81.1 Å². The highest BCUT2D eigenvalue weighted by Gasteiger charge is 2.15. The second kappa shape index (κ2) is 10.4. The van der Waals surface area contributed by atoms with Gasteiger partial charge in [-0.2, -0.15) is 15.0 Å². The van der Waals surface area contributed by atoms with Crippen LogP contribution in [0.1, 0.15) is 48.7 Å². The Hall–Kier alpha value is -3.76. The van der Waals surface area contributed by atoms with E-state index in [2.05, 4.69) is 34.0 Å². The highest BCUT2D eigenvalue weighted by atomic mass is 79.9. The van der Waals surface area contributed by atoms with Gasteiger partial charge in [0.1, 0.15) is 18.2 Å². The number of nitrogens with zero attached hydrogens (tertiary/aromatic N) is 4. The molecular weight excluding hydrogens is 492 g/mol. The quantitative estimate of drug-likeness (QED) is 0.283. The van der Waals surface area contributed by atoms with Gasteiger partial charge in [-0.3, -0.25) is 4.79 Å². The van der Waals surface area contributed by atoms with E-state index in [1.807, 2.05) is 61.5 Å². The van der Waals surface area contributed by atoms with E-state index >= 15 is 0 Å². The first-order valence-electron chi connectivity index (χ1n) is 11.0. The maximum atomic E-state index is 13.3. The highest BCUT2D eigenvalue weighted by molar-refractivity contribution is 9.10. The van der Waals surface area contributed by atoms with E-state index in [-0.39, 0.29) is 18.1 Å². The van der Waals surface area contributed by atoms with Crippen molar-refractivity contribution in [3.05, 3.63) is 104 Å². The van der Waals surface area contributed by atoms with Gasteiger partial charge < -0.3 is 4.74 Å². The smallest absolute Gasteiger partial charge is 0.282 e. The Labute approximate surface area is 206 Å². The number of halogens is 1. The summed E-state index contributed by atoms with van der Waals surface area (Å²) < 4.78 is 8.10. The number of rotatable bonds is 7. The Kier molecular flexibility index (Phi) is 7.19. The fourth-order valence-corrected chi connectivity index (χ4v) is 3.87. The molecular formula is C27H23BrN4O2. The summed E-state index contributed by atoms with van der Waals surface area (Å²) in [6.45, 7) is 4.37. The highest BCUT2D eigenvalue weighted by Crippen LogP contribution is 2.21. The average Bonchev–Trinajstić information content (AvgIpc) is 2.87. The summed E-state index contributed by atoms with van der Waals surface area (Å²) in [5, 5.41) is 14.3. The molecule has 0 spiro atoms. The topological polar surface area (TPSA) is 80.3 Å². The van der Waals surface area contributed by atoms with Crippen LogP contribution in [0.5, 0.6) is 5.75 Å². The number of hydrogen-bond acceptors (Lipinski definition) is 5. The van der Waals surface area contributed by atoms with Crippen molar-refractivity contribution < 1.29 is 4.74 Å². The summed E-state index contributed by atoms with van der Waals surface area (Å²) in [4.78, 5) is 18.0. The Morgan fingerprint density at radius 3 is 2.79 bits per heavy atom. The van der Waals surface area contributed by atoms with Crippen molar-refractivity contribution in [3.8, 4) is 11.8 Å². The van der Waals surface area contributed by atoms with Gasteiger partial charge in [0.25, 0.3) is 5.56 Å². The minimum atomic E-state index is -0.210. The van der Waals surface area contributed by atoms with Crippen molar-refractivity contribution >= 4 is 33.0 Å². The monoisotopic (exact) mass is 514 g/mol. The van der Waals surface area contributed by atoms with Gasteiger partial charge in [0.05, 0.1) is 28.8 Å². The van der Waals surface area contributed by atoms with Gasteiger partial charge in [-0.15, -0.1) is 0 Å². The van der Waals surface area contributed by atoms with Crippen molar-refractivity contribution in [2.45, 2.75) is 32.8 Å². The van der Waals surface area contributed by atoms with Gasteiger partial charge in [0, 0.05) is 16.0 Å². The van der Waals surface area contributed by atoms with Gasteiger partial charge in [-0.25, -0.2) is 4.98 Å². The predicted molar refractivity (Wildman–Crippen MR) is 137 cm³/mol. The number of benzene rings is 3. The molecule has 34 heavy (non-hydrogen) atoms. The lowest BCUT2D eigenvalue weighted by molar-refractivity contribution is 0.306. The first-order chi connectivity index (χ1) is 16.5. The zero-order valence-corrected chi connectivity index (χ0v) is 20.5. The van der Waals surface area contributed by atoms with Crippen LogP contribution >= 0.6 is 15.9 Å². The van der Waals surface area contributed by atoms with Crippen molar-refractivity contribution in [2.24, 2.45) is 5.10 Å². The molecule has 0 aliphatic carbocycles. The summed E-state index contributed by atoms with van der Waals surface area (Å²) in [5.74, 6) is 1.33. The van der Waals surface area contributed by atoms with Crippen LogP contribution in [0.4, 0.5) is 0 Å². The van der Waals surface area contributed by atoms with E-state index in [0.29, 0.717) is 28.0 Å². The molecule has 170 valence electrons. The van der Waals surface area contributed by atoms with Gasteiger partial charge in [-0.1, -0.05) is 60.1 Å². The lowest BCUT2D eigenvalue weighted by atomic mass is 10.1. The van der Waals surface area contributed by atoms with Crippen LogP contribution in [-0.2, 0) is 6.61 Å². The standard InChI is InChI=1S/C27H23BrN4O2/c1-3-18(2)26-31-25-12-11-22(28)14-24(25)27(33)32(26)30-16-19-7-6-10-23(13-19)34-17-21-9-5-4-8-20(21)15-29/h4-14,16,18H,3,17H2,1-2H3/t18-/m1/s1. The summed E-state index contributed by atoms with van der Waals surface area (Å²) >= 11 is 3.43. The van der Waals surface area contributed by atoms with E-state index in [1.165, 1.54) is 4.68 Å². The molecule has 0 saturated heterocycles. The fraction of sp³-hybridized carbons (Fsp3) is 0.185. The third-order valence-electron chi connectivity index (χ3n) is 5.60. The molecule has 3 aromatic carbocycles. The summed E-state index contributed by atoms with van der Waals surface area (Å²) in [5.41, 5.74) is 2.64. The SMILES string of the molecule is CC[C@@H](C)c1nc2ccc(Br)cc2c(=O)n1N=Cc1cccc(OCc2ccccc2C#N)c1. The van der Waals surface area contributed by atoms with E-state index in [0.717, 1.165) is 22.0 Å². The molecule has 0 fully saturated rings. The van der Waals surface area contributed by atoms with E-state index in [1.54, 1.807) is 18.3 Å². The Morgan fingerprint density at radius 1 is 1.18 bits per heavy atom. The van der Waals surface area contributed by atoms with Crippen molar-refractivity contribution in [3.63, 3.8) is 0 Å². The Balaban J connectivity index is 1.65. The molecule has 0 N–H and O–H groups in total. The van der Waals surface area contributed by atoms with Crippen molar-refractivity contribution in [1.29, 1.82) is 5.26 Å². The molecule has 0 bridgehead atoms. The minimum Gasteiger partial charge on any atom is -0.489 e. The summed E-state index contributed by atoms with van der Waals surface area (Å²) in [7, 11) is 0. The zero-order valence-electron chi connectivity index (χ0n) is 18.9. The number of ether oxygens (including phenoxy) is 1. The largest absolute Gasteiger partial charge is 0.489 e. The third-order valence-corrected chi connectivity index (χ3v) is 6.09. The molecule has 1 atom stereocenters. The lowest BCUT2D eigenvalue weighted by Crippen LogP contribution is -2.23. The maximum Gasteiger partial charge on any atom is 0.282 e. The molecule has 0 aliphatic heterocycles. The zero-order chi connectivity index (χ0) is 24.1. The van der Waals surface area contributed by atoms with E-state index in [9.17, 15) is 10.1 Å². The molecule has 0 unspecified atom stereocenters. The number of hydrogen-bond donors (Lipinski definition) is 0. The lowest BCUT2D eigenvalue weighted by Gasteiger charge is -2.14. The van der Waals surface area contributed by atoms with Crippen LogP contribution < -0.4 is 10.3 Å². The van der Waals surface area contributed by atoms with E-state index in [4.69, 9.17) is 9.72 Å². The van der Waals surface area contributed by atoms with Crippen molar-refractivity contribution in [1.82, 2.24) is 9.66 Å². The molecule has 0 aliphatic rings. The third kappa shape index (κ3) is 5.08. The number of aromatic nitrogens is 2. The number of nitriles is 1. The van der Waals surface area contributed by atoms with Crippen LogP contribution in [0.25, 0.3) is 10.9 Å². The van der Waals surface area contributed by atoms with E-state index < -0.39 is 0 Å². The second-order valence-corrected chi connectivity index (χ2v) is 8.85. The Morgan fingerprint density at radius 2 is 2.00 bits per heavy atom. The summed E-state index contributed by atoms with van der Waals surface area (Å²) in [6.07, 6.45) is 2.46. The molecule has 4 rings (SSSR count). The van der Waals surface area contributed by atoms with Gasteiger partial charge >= 0.3 is 0 Å². The van der Waals surface area contributed by atoms with Crippen LogP contribution in [0.2, 0.25) is 0 Å². The normalized spacial score (nSPS) is 12.1. The predicted octanol–water partition coefficient (Wildman–Crippen LogP) is 6.01. The van der Waals surface area contributed by atoms with Gasteiger partial charge in [0.15, 0.2) is 0 Å². The van der Waals surface area contributed by atoms with Gasteiger partial charge in [-0.05, 0) is 48.4 Å². The minimum absolute atomic E-state index is 0.0627. The first kappa shape index (κ1) is 23.4. The molecule has 0 amide bonds. The molecule has 0 radical (unpaired) electrons. The second-order valence-electron chi connectivity index (χ2n) is 7.93. The molecule has 1 heterocycles. The molecule has 0 saturated carbocycles. The van der Waals surface area contributed by atoms with Crippen LogP contribution in [0.3, 0.4) is 0 Å². The van der Waals surface area contributed by atoms with Crippen molar-refractivity contribution in [2.75, 3.05) is 0 Å². The van der Waals surface area contributed by atoms with Gasteiger partial charge in [0.2, 0.25) is 0 Å². The van der Waals surface area contributed by atoms with Crippen LogP contribution in [-0.4, -0.2) is 15.9 Å². The summed E-state index contributed by atoms with van der Waals surface area (Å²) in [6, 6.07) is 22.5. The molecule has 4 aromatic rings. The molecule has 6 nitrogen and oxygen atoms in total. The average molecular weight is 515 g/mol. The Bertz CT molecular complexity index is 1470.